The maximum absolute atomic E-state index is 5.08. The minimum absolute atomic E-state index is 0.452. The molecule has 1 aliphatic rings. The van der Waals surface area contributed by atoms with E-state index >= 15 is 0 Å². The van der Waals surface area contributed by atoms with E-state index in [4.69, 9.17) is 4.99 Å². The Balaban J connectivity index is 1.90. The lowest BCUT2D eigenvalue weighted by atomic mass is 9.95. The number of rotatable bonds is 2. The van der Waals surface area contributed by atoms with Crippen molar-refractivity contribution in [3.05, 3.63) is 95.7 Å². The molecule has 3 aromatic rings. The standard InChI is InChI=1S/C22H20N2/c1-16-15-21(20-14-8-10-17-9-6-7-13-19(17)20)24-22(2,23-16)18-11-4-3-5-12-18/h3-15,23H,1-2H3. The molecule has 1 atom stereocenters. The molecule has 0 spiro atoms. The number of aliphatic imine (C=N–C) groups is 1. The van der Waals surface area contributed by atoms with Crippen LogP contribution >= 0.6 is 0 Å². The summed E-state index contributed by atoms with van der Waals surface area (Å²) in [6, 6.07) is 25.3. The average molecular weight is 312 g/mol. The Morgan fingerprint density at radius 2 is 1.54 bits per heavy atom. The molecule has 0 amide bonds. The highest BCUT2D eigenvalue weighted by Crippen LogP contribution is 2.29. The second-order valence-corrected chi connectivity index (χ2v) is 6.41. The van der Waals surface area contributed by atoms with Gasteiger partial charge in [-0.1, -0.05) is 72.8 Å². The number of hydrogen-bond acceptors (Lipinski definition) is 2. The summed E-state index contributed by atoms with van der Waals surface area (Å²) in [5.74, 6) is 0. The van der Waals surface area contributed by atoms with Crippen LogP contribution in [0.25, 0.3) is 10.8 Å². The monoisotopic (exact) mass is 312 g/mol. The molecule has 2 nitrogen and oxygen atoms in total. The molecule has 0 saturated carbocycles. The smallest absolute Gasteiger partial charge is 0.153 e. The molecule has 4 rings (SSSR count). The van der Waals surface area contributed by atoms with Crippen molar-refractivity contribution in [3.8, 4) is 0 Å². The molecule has 0 bridgehead atoms. The van der Waals surface area contributed by atoms with Gasteiger partial charge < -0.3 is 5.32 Å². The Bertz CT molecular complexity index is 949. The van der Waals surface area contributed by atoms with Gasteiger partial charge >= 0.3 is 0 Å². The van der Waals surface area contributed by atoms with Crippen LogP contribution in [-0.2, 0) is 5.66 Å². The van der Waals surface area contributed by atoms with Crippen molar-refractivity contribution in [2.75, 3.05) is 0 Å². The summed E-state index contributed by atoms with van der Waals surface area (Å²) < 4.78 is 0. The zero-order valence-electron chi connectivity index (χ0n) is 14.0. The third-order valence-corrected chi connectivity index (χ3v) is 4.54. The first-order chi connectivity index (χ1) is 11.7. The molecule has 0 fully saturated rings. The predicted molar refractivity (Wildman–Crippen MR) is 101 cm³/mol. The quantitative estimate of drug-likeness (QED) is 0.707. The molecule has 1 N–H and O–H groups in total. The summed E-state index contributed by atoms with van der Waals surface area (Å²) in [5, 5.41) is 6.01. The van der Waals surface area contributed by atoms with Crippen molar-refractivity contribution in [3.63, 3.8) is 0 Å². The fourth-order valence-corrected chi connectivity index (χ4v) is 3.41. The molecule has 24 heavy (non-hydrogen) atoms. The van der Waals surface area contributed by atoms with Crippen LogP contribution in [-0.4, -0.2) is 5.71 Å². The van der Waals surface area contributed by atoms with Gasteiger partial charge in [-0.25, -0.2) is 0 Å². The van der Waals surface area contributed by atoms with Gasteiger partial charge in [0.15, 0.2) is 5.66 Å². The fraction of sp³-hybridized carbons (Fsp3) is 0.136. The lowest BCUT2D eigenvalue weighted by Gasteiger charge is -2.33. The maximum atomic E-state index is 5.08. The topological polar surface area (TPSA) is 24.4 Å². The number of fused-ring (bicyclic) bond motifs is 1. The highest BCUT2D eigenvalue weighted by molar-refractivity contribution is 6.17. The summed E-state index contributed by atoms with van der Waals surface area (Å²) in [7, 11) is 0. The second-order valence-electron chi connectivity index (χ2n) is 6.41. The lowest BCUT2D eigenvalue weighted by Crippen LogP contribution is -2.40. The van der Waals surface area contributed by atoms with E-state index in [2.05, 4.69) is 92.0 Å². The van der Waals surface area contributed by atoms with E-state index in [1.165, 1.54) is 16.3 Å². The number of nitrogens with one attached hydrogen (secondary N) is 1. The average Bonchev–Trinajstić information content (AvgIpc) is 2.61. The van der Waals surface area contributed by atoms with Gasteiger partial charge in [0.1, 0.15) is 0 Å². The van der Waals surface area contributed by atoms with Crippen LogP contribution in [0, 0.1) is 0 Å². The van der Waals surface area contributed by atoms with Gasteiger partial charge in [0.25, 0.3) is 0 Å². The molecule has 1 unspecified atom stereocenters. The van der Waals surface area contributed by atoms with Gasteiger partial charge in [-0.2, -0.15) is 0 Å². The minimum atomic E-state index is -0.452. The highest BCUT2D eigenvalue weighted by Gasteiger charge is 2.29. The van der Waals surface area contributed by atoms with Crippen LogP contribution in [0.4, 0.5) is 0 Å². The van der Waals surface area contributed by atoms with E-state index in [-0.39, 0.29) is 0 Å². The summed E-state index contributed by atoms with van der Waals surface area (Å²) >= 11 is 0. The van der Waals surface area contributed by atoms with Gasteiger partial charge in [-0.3, -0.25) is 4.99 Å². The zero-order chi connectivity index (χ0) is 16.6. The molecule has 118 valence electrons. The van der Waals surface area contributed by atoms with E-state index in [9.17, 15) is 0 Å². The zero-order valence-corrected chi connectivity index (χ0v) is 14.0. The molecule has 1 aliphatic heterocycles. The van der Waals surface area contributed by atoms with Crippen LogP contribution in [0.1, 0.15) is 25.0 Å². The SMILES string of the molecule is CC1=CC(c2cccc3ccccc23)=NC(C)(c2ccccc2)N1. The number of hydrogen-bond donors (Lipinski definition) is 1. The van der Waals surface area contributed by atoms with Crippen molar-refractivity contribution in [2.45, 2.75) is 19.5 Å². The van der Waals surface area contributed by atoms with E-state index < -0.39 is 5.66 Å². The molecular weight excluding hydrogens is 292 g/mol. The molecule has 0 saturated heterocycles. The van der Waals surface area contributed by atoms with Crippen molar-refractivity contribution >= 4 is 16.5 Å². The Hall–Kier alpha value is -2.87. The summed E-state index contributed by atoms with van der Waals surface area (Å²) in [6.45, 7) is 4.23. The van der Waals surface area contributed by atoms with Gasteiger partial charge in [0, 0.05) is 11.3 Å². The molecule has 0 aromatic heterocycles. The first kappa shape index (κ1) is 14.7. The summed E-state index contributed by atoms with van der Waals surface area (Å²) in [4.78, 5) is 5.08. The third kappa shape index (κ3) is 2.50. The first-order valence-corrected chi connectivity index (χ1v) is 8.26. The Labute approximate surface area is 142 Å². The van der Waals surface area contributed by atoms with Gasteiger partial charge in [-0.05, 0) is 36.3 Å². The van der Waals surface area contributed by atoms with Crippen LogP contribution in [0.2, 0.25) is 0 Å². The van der Waals surface area contributed by atoms with E-state index in [0.717, 1.165) is 17.0 Å². The molecular formula is C22H20N2. The van der Waals surface area contributed by atoms with E-state index in [0.29, 0.717) is 0 Å². The third-order valence-electron chi connectivity index (χ3n) is 4.54. The summed E-state index contributed by atoms with van der Waals surface area (Å²) in [5.41, 5.74) is 4.03. The largest absolute Gasteiger partial charge is 0.361 e. The number of nitrogens with zero attached hydrogens (tertiary/aromatic N) is 1. The van der Waals surface area contributed by atoms with Crippen molar-refractivity contribution < 1.29 is 0 Å². The Morgan fingerprint density at radius 3 is 2.38 bits per heavy atom. The van der Waals surface area contributed by atoms with Crippen molar-refractivity contribution in [2.24, 2.45) is 4.99 Å². The second kappa shape index (κ2) is 5.64. The minimum Gasteiger partial charge on any atom is -0.361 e. The van der Waals surface area contributed by atoms with Crippen LogP contribution < -0.4 is 5.32 Å². The Kier molecular flexibility index (Phi) is 3.46. The number of benzene rings is 3. The molecule has 0 radical (unpaired) electrons. The lowest BCUT2D eigenvalue weighted by molar-refractivity contribution is 0.421. The molecule has 3 aromatic carbocycles. The molecule has 1 heterocycles. The van der Waals surface area contributed by atoms with Crippen LogP contribution in [0.3, 0.4) is 0 Å². The fourth-order valence-electron chi connectivity index (χ4n) is 3.41. The maximum Gasteiger partial charge on any atom is 0.153 e. The van der Waals surface area contributed by atoms with Gasteiger partial charge in [-0.15, -0.1) is 0 Å². The van der Waals surface area contributed by atoms with Crippen LogP contribution in [0.15, 0.2) is 89.6 Å². The summed E-state index contributed by atoms with van der Waals surface area (Å²) in [6.07, 6.45) is 2.13. The van der Waals surface area contributed by atoms with Crippen molar-refractivity contribution in [1.82, 2.24) is 5.32 Å². The van der Waals surface area contributed by atoms with Gasteiger partial charge in [0.2, 0.25) is 0 Å². The highest BCUT2D eigenvalue weighted by atomic mass is 15.2. The normalized spacial score (nSPS) is 20.2. The van der Waals surface area contributed by atoms with Crippen molar-refractivity contribution in [1.29, 1.82) is 0 Å². The van der Waals surface area contributed by atoms with E-state index in [1.54, 1.807) is 0 Å². The molecule has 0 aliphatic carbocycles. The van der Waals surface area contributed by atoms with E-state index in [1.807, 2.05) is 6.07 Å². The number of allylic oxidation sites excluding steroid dienone is 2. The molecule has 2 heteroatoms. The predicted octanol–water partition coefficient (Wildman–Crippen LogP) is 5.01. The Morgan fingerprint density at radius 1 is 0.833 bits per heavy atom. The first-order valence-electron chi connectivity index (χ1n) is 8.26. The van der Waals surface area contributed by atoms with Crippen LogP contribution in [0.5, 0.6) is 0 Å². The van der Waals surface area contributed by atoms with Gasteiger partial charge in [0.05, 0.1) is 5.71 Å².